The van der Waals surface area contributed by atoms with Crippen LogP contribution in [0.25, 0.3) is 0 Å². The van der Waals surface area contributed by atoms with Crippen LogP contribution < -0.4 is 0 Å². The lowest BCUT2D eigenvalue weighted by atomic mass is 10.0. The molecule has 0 spiro atoms. The number of carbonyl (C=O) groups excluding carboxylic acids is 3. The van der Waals surface area contributed by atoms with Gasteiger partial charge in [-0.15, -0.1) is 0 Å². The van der Waals surface area contributed by atoms with Gasteiger partial charge in [0.15, 0.2) is 6.10 Å². The Kier molecular flexibility index (Phi) is 52.8. The molecule has 0 aliphatic heterocycles. The van der Waals surface area contributed by atoms with Crippen molar-refractivity contribution in [3.8, 4) is 0 Å². The lowest BCUT2D eigenvalue weighted by Gasteiger charge is -2.18. The van der Waals surface area contributed by atoms with Crippen LogP contribution in [0, 0.1) is 0 Å². The number of hydrogen-bond donors (Lipinski definition) is 0. The first kappa shape index (κ1) is 63.4. The number of esters is 3. The average Bonchev–Trinajstić information content (AvgIpc) is 3.31. The van der Waals surface area contributed by atoms with E-state index in [0.29, 0.717) is 19.3 Å². The van der Waals surface area contributed by atoms with Crippen molar-refractivity contribution in [1.29, 1.82) is 0 Å². The molecule has 0 aliphatic carbocycles. The largest absolute Gasteiger partial charge is 0.462 e. The Labute approximate surface area is 409 Å². The topological polar surface area (TPSA) is 78.9 Å². The SMILES string of the molecule is CC/C=C\C/C=C\C/C=C\CCCCCC(=O)OC(COC(=O)CCCCCCCCCCCC)COC(=O)CCCCCCCCCCCCCCC/C=C\CCCCCCCCCC. The van der Waals surface area contributed by atoms with Crippen molar-refractivity contribution in [2.24, 2.45) is 0 Å². The van der Waals surface area contributed by atoms with Gasteiger partial charge in [0, 0.05) is 19.3 Å². The standard InChI is InChI=1S/C60H108O6/c1-4-7-10-13-16-19-22-24-25-26-27-28-29-30-31-32-33-34-35-37-38-41-44-47-50-53-59(62)65-56-57(55-64-58(61)52-49-46-43-40-21-18-15-12-9-6-3)66-60(63)54-51-48-45-42-39-36-23-20-17-14-11-8-5-2/h8,11,17,20,26-27,36,39,57H,4-7,9-10,12-16,18-19,21-25,28-35,37-38,40-56H2,1-3H3/b11-8-,20-17-,27-26-,39-36-. The van der Waals surface area contributed by atoms with E-state index in [2.05, 4.69) is 69.4 Å². The summed E-state index contributed by atoms with van der Waals surface area (Å²) in [5.74, 6) is -0.903. The summed E-state index contributed by atoms with van der Waals surface area (Å²) < 4.78 is 16.8. The second kappa shape index (κ2) is 55.0. The highest BCUT2D eigenvalue weighted by Gasteiger charge is 2.19. The van der Waals surface area contributed by atoms with E-state index in [1.165, 1.54) is 173 Å². The van der Waals surface area contributed by atoms with Gasteiger partial charge in [-0.3, -0.25) is 14.4 Å². The highest BCUT2D eigenvalue weighted by molar-refractivity contribution is 5.71. The second-order valence-electron chi connectivity index (χ2n) is 19.2. The smallest absolute Gasteiger partial charge is 0.306 e. The van der Waals surface area contributed by atoms with Crippen molar-refractivity contribution in [3.05, 3.63) is 48.6 Å². The molecule has 66 heavy (non-hydrogen) atoms. The predicted octanol–water partition coefficient (Wildman–Crippen LogP) is 19.0. The van der Waals surface area contributed by atoms with Crippen LogP contribution in [0.5, 0.6) is 0 Å². The zero-order valence-corrected chi connectivity index (χ0v) is 44.0. The molecule has 0 aromatic heterocycles. The number of allylic oxidation sites excluding steroid dienone is 8. The maximum Gasteiger partial charge on any atom is 0.306 e. The molecule has 0 saturated heterocycles. The van der Waals surface area contributed by atoms with Gasteiger partial charge in [0.25, 0.3) is 0 Å². The Hall–Kier alpha value is -2.63. The van der Waals surface area contributed by atoms with Crippen LogP contribution in [0.1, 0.15) is 297 Å². The van der Waals surface area contributed by atoms with Gasteiger partial charge in [-0.2, -0.15) is 0 Å². The Morgan fingerprint density at radius 3 is 0.955 bits per heavy atom. The quantitative estimate of drug-likeness (QED) is 0.0262. The first-order chi connectivity index (χ1) is 32.5. The van der Waals surface area contributed by atoms with Gasteiger partial charge in [-0.25, -0.2) is 0 Å². The Morgan fingerprint density at radius 2 is 0.591 bits per heavy atom. The summed E-state index contributed by atoms with van der Waals surface area (Å²) >= 11 is 0. The third-order valence-corrected chi connectivity index (χ3v) is 12.6. The predicted molar refractivity (Wildman–Crippen MR) is 284 cm³/mol. The summed E-state index contributed by atoms with van der Waals surface area (Å²) in [6, 6.07) is 0. The number of carbonyl (C=O) groups is 3. The van der Waals surface area contributed by atoms with E-state index in [0.717, 1.165) is 83.5 Å². The molecular weight excluding hydrogens is 817 g/mol. The van der Waals surface area contributed by atoms with Crippen molar-refractivity contribution in [1.82, 2.24) is 0 Å². The maximum atomic E-state index is 12.8. The van der Waals surface area contributed by atoms with Crippen LogP contribution in [-0.4, -0.2) is 37.2 Å². The fraction of sp³-hybridized carbons (Fsp3) is 0.817. The molecule has 6 nitrogen and oxygen atoms in total. The minimum absolute atomic E-state index is 0.0823. The van der Waals surface area contributed by atoms with E-state index >= 15 is 0 Å². The summed E-state index contributed by atoms with van der Waals surface area (Å²) in [4.78, 5) is 38.0. The molecule has 0 rings (SSSR count). The van der Waals surface area contributed by atoms with E-state index in [9.17, 15) is 14.4 Å². The Bertz CT molecular complexity index is 1150. The van der Waals surface area contributed by atoms with Crippen molar-refractivity contribution >= 4 is 17.9 Å². The molecule has 0 N–H and O–H groups in total. The Morgan fingerprint density at radius 1 is 0.318 bits per heavy atom. The third kappa shape index (κ3) is 52.3. The summed E-state index contributed by atoms with van der Waals surface area (Å²) in [5, 5.41) is 0. The monoisotopic (exact) mass is 925 g/mol. The van der Waals surface area contributed by atoms with E-state index in [1.807, 2.05) is 0 Å². The summed E-state index contributed by atoms with van der Waals surface area (Å²) in [6.45, 7) is 6.51. The van der Waals surface area contributed by atoms with Crippen LogP contribution >= 0.6 is 0 Å². The number of hydrogen-bond acceptors (Lipinski definition) is 6. The third-order valence-electron chi connectivity index (χ3n) is 12.6. The Balaban J connectivity index is 4.19. The molecule has 0 bridgehead atoms. The molecule has 0 aliphatic rings. The van der Waals surface area contributed by atoms with Gasteiger partial charge >= 0.3 is 17.9 Å². The molecule has 0 aromatic rings. The molecular formula is C60H108O6. The fourth-order valence-corrected chi connectivity index (χ4v) is 8.28. The van der Waals surface area contributed by atoms with Crippen molar-refractivity contribution < 1.29 is 28.6 Å². The minimum Gasteiger partial charge on any atom is -0.462 e. The molecule has 6 heteroatoms. The molecule has 0 saturated carbocycles. The molecule has 1 atom stereocenters. The highest BCUT2D eigenvalue weighted by Crippen LogP contribution is 2.16. The van der Waals surface area contributed by atoms with Gasteiger partial charge in [-0.1, -0.05) is 249 Å². The lowest BCUT2D eigenvalue weighted by Crippen LogP contribution is -2.30. The molecule has 0 aromatic carbocycles. The number of rotatable bonds is 52. The minimum atomic E-state index is -0.784. The van der Waals surface area contributed by atoms with Crippen LogP contribution in [0.15, 0.2) is 48.6 Å². The van der Waals surface area contributed by atoms with Gasteiger partial charge in [0.05, 0.1) is 0 Å². The van der Waals surface area contributed by atoms with Gasteiger partial charge in [-0.05, 0) is 77.0 Å². The van der Waals surface area contributed by atoms with Gasteiger partial charge in [0.1, 0.15) is 13.2 Å². The zero-order valence-electron chi connectivity index (χ0n) is 44.0. The second-order valence-corrected chi connectivity index (χ2v) is 19.2. The maximum absolute atomic E-state index is 12.8. The summed E-state index contributed by atoms with van der Waals surface area (Å²) in [5.41, 5.74) is 0. The summed E-state index contributed by atoms with van der Waals surface area (Å²) in [6.07, 6.45) is 67.0. The average molecular weight is 926 g/mol. The van der Waals surface area contributed by atoms with Crippen LogP contribution in [0.3, 0.4) is 0 Å². The molecule has 1 unspecified atom stereocenters. The summed E-state index contributed by atoms with van der Waals surface area (Å²) in [7, 11) is 0. The first-order valence-corrected chi connectivity index (χ1v) is 28.6. The number of unbranched alkanes of at least 4 members (excludes halogenated alkanes) is 33. The van der Waals surface area contributed by atoms with Gasteiger partial charge in [0.2, 0.25) is 0 Å². The molecule has 0 amide bonds. The van der Waals surface area contributed by atoms with E-state index in [-0.39, 0.29) is 31.1 Å². The normalized spacial score (nSPS) is 12.3. The number of ether oxygens (including phenoxy) is 3. The van der Waals surface area contributed by atoms with Crippen LogP contribution in [0.2, 0.25) is 0 Å². The van der Waals surface area contributed by atoms with Crippen molar-refractivity contribution in [3.63, 3.8) is 0 Å². The highest BCUT2D eigenvalue weighted by atomic mass is 16.6. The molecule has 0 radical (unpaired) electrons. The van der Waals surface area contributed by atoms with Crippen molar-refractivity contribution in [2.45, 2.75) is 303 Å². The van der Waals surface area contributed by atoms with Crippen LogP contribution in [0.4, 0.5) is 0 Å². The first-order valence-electron chi connectivity index (χ1n) is 28.6. The molecule has 0 heterocycles. The van der Waals surface area contributed by atoms with E-state index in [4.69, 9.17) is 14.2 Å². The molecule has 384 valence electrons. The zero-order chi connectivity index (χ0) is 47.9. The van der Waals surface area contributed by atoms with Gasteiger partial charge < -0.3 is 14.2 Å². The van der Waals surface area contributed by atoms with E-state index < -0.39 is 6.10 Å². The van der Waals surface area contributed by atoms with Crippen LogP contribution in [-0.2, 0) is 28.6 Å². The van der Waals surface area contributed by atoms with E-state index in [1.54, 1.807) is 0 Å². The fourth-order valence-electron chi connectivity index (χ4n) is 8.28. The molecule has 0 fully saturated rings. The lowest BCUT2D eigenvalue weighted by molar-refractivity contribution is -0.167. The van der Waals surface area contributed by atoms with Crippen molar-refractivity contribution in [2.75, 3.05) is 13.2 Å².